The van der Waals surface area contributed by atoms with Crippen LogP contribution in [0.25, 0.3) is 0 Å². The lowest BCUT2D eigenvalue weighted by molar-refractivity contribution is 0.267. The number of benzene rings is 1. The predicted octanol–water partition coefficient (Wildman–Crippen LogP) is 6.63. The Hall–Kier alpha value is -1.70. The fourth-order valence-corrected chi connectivity index (χ4v) is 3.40. The van der Waals surface area contributed by atoms with Gasteiger partial charge in [-0.25, -0.2) is 4.98 Å². The van der Waals surface area contributed by atoms with Crippen molar-refractivity contribution in [3.05, 3.63) is 63.9 Å². The zero-order chi connectivity index (χ0) is 21.1. The van der Waals surface area contributed by atoms with E-state index in [2.05, 4.69) is 73.1 Å². The molecular weight excluding hydrogens is 496 g/mol. The van der Waals surface area contributed by atoms with Crippen molar-refractivity contribution in [1.82, 2.24) is 10.3 Å². The number of halogens is 2. The molecule has 1 aromatic carbocycles. The van der Waals surface area contributed by atoms with E-state index in [1.54, 1.807) is 6.20 Å². The molecular formula is C22H28Br2N4O. The summed E-state index contributed by atoms with van der Waals surface area (Å²) in [4.78, 5) is 9.51. The molecule has 2 aromatic rings. The van der Waals surface area contributed by atoms with E-state index < -0.39 is 0 Å². The van der Waals surface area contributed by atoms with E-state index in [1.165, 1.54) is 32.2 Å². The van der Waals surface area contributed by atoms with Crippen molar-refractivity contribution in [3.63, 3.8) is 0 Å². The van der Waals surface area contributed by atoms with Crippen molar-refractivity contribution in [2.45, 2.75) is 33.1 Å². The van der Waals surface area contributed by atoms with E-state index in [9.17, 15) is 0 Å². The highest BCUT2D eigenvalue weighted by Crippen LogP contribution is 2.28. The zero-order valence-electron chi connectivity index (χ0n) is 16.9. The van der Waals surface area contributed by atoms with Crippen LogP contribution < -0.4 is 10.6 Å². The van der Waals surface area contributed by atoms with Gasteiger partial charge in [0.25, 0.3) is 0 Å². The number of hydrogen-bond acceptors (Lipinski definition) is 5. The molecule has 0 aliphatic carbocycles. The van der Waals surface area contributed by atoms with Crippen LogP contribution in [0, 0.1) is 5.92 Å². The molecule has 3 rings (SSSR count). The number of anilines is 2. The summed E-state index contributed by atoms with van der Waals surface area (Å²) >= 11 is 7.00. The van der Waals surface area contributed by atoms with Crippen molar-refractivity contribution < 1.29 is 4.84 Å². The molecule has 2 heterocycles. The van der Waals surface area contributed by atoms with Gasteiger partial charge in [0.15, 0.2) is 0 Å². The van der Waals surface area contributed by atoms with Crippen LogP contribution in [0.3, 0.4) is 0 Å². The fourth-order valence-electron chi connectivity index (χ4n) is 2.69. The molecule has 0 saturated carbocycles. The first-order chi connectivity index (χ1) is 14.0. The van der Waals surface area contributed by atoms with E-state index in [4.69, 9.17) is 4.84 Å². The van der Waals surface area contributed by atoms with Crippen LogP contribution in [0.4, 0.5) is 11.5 Å². The van der Waals surface area contributed by atoms with Crippen LogP contribution in [0.1, 0.15) is 38.7 Å². The maximum absolute atomic E-state index is 5.02. The standard InChI is InChI=1S/C18H19Br2N3O.C4H9N/c1-4-12(3)18(23-24-5-2)13-6-9-17(21-11-13)22-16-10-14(19)7-8-15(16)20;1-2-4-5-3-1/h5-12H,2,4H2,1,3H3,(H,21,22);5H,1-4H2/b23-18+;. The Morgan fingerprint density at radius 3 is 2.62 bits per heavy atom. The third-order valence-electron chi connectivity index (χ3n) is 4.51. The summed E-state index contributed by atoms with van der Waals surface area (Å²) in [6.07, 6.45) is 6.85. The quantitative estimate of drug-likeness (QED) is 0.243. The Morgan fingerprint density at radius 1 is 1.31 bits per heavy atom. The largest absolute Gasteiger partial charge is 0.365 e. The number of nitrogens with one attached hydrogen (secondary N) is 2. The first-order valence-corrected chi connectivity index (χ1v) is 11.4. The van der Waals surface area contributed by atoms with E-state index in [0.29, 0.717) is 0 Å². The molecule has 2 N–H and O–H groups in total. The second kappa shape index (κ2) is 12.8. The van der Waals surface area contributed by atoms with E-state index in [-0.39, 0.29) is 5.92 Å². The molecule has 0 amide bonds. The number of aromatic nitrogens is 1. The van der Waals surface area contributed by atoms with Gasteiger partial charge in [0.1, 0.15) is 12.1 Å². The highest BCUT2D eigenvalue weighted by Gasteiger charge is 2.13. The summed E-state index contributed by atoms with van der Waals surface area (Å²) < 4.78 is 1.97. The zero-order valence-corrected chi connectivity index (χ0v) is 20.1. The maximum atomic E-state index is 5.02. The lowest BCUT2D eigenvalue weighted by atomic mass is 9.97. The summed E-state index contributed by atoms with van der Waals surface area (Å²) in [5.41, 5.74) is 2.74. The van der Waals surface area contributed by atoms with Crippen molar-refractivity contribution in [2.75, 3.05) is 18.4 Å². The van der Waals surface area contributed by atoms with Gasteiger partial charge in [0, 0.05) is 26.6 Å². The minimum absolute atomic E-state index is 0.268. The number of rotatable bonds is 7. The minimum atomic E-state index is 0.268. The van der Waals surface area contributed by atoms with Gasteiger partial charge in [0.2, 0.25) is 0 Å². The van der Waals surface area contributed by atoms with Crippen molar-refractivity contribution in [1.29, 1.82) is 0 Å². The van der Waals surface area contributed by atoms with E-state index >= 15 is 0 Å². The number of nitrogens with zero attached hydrogens (tertiary/aromatic N) is 2. The molecule has 1 saturated heterocycles. The summed E-state index contributed by atoms with van der Waals surface area (Å²) in [6.45, 7) is 10.2. The number of hydrogen-bond donors (Lipinski definition) is 2. The Labute approximate surface area is 190 Å². The average molecular weight is 524 g/mol. The summed E-state index contributed by atoms with van der Waals surface area (Å²) in [5.74, 6) is 1.02. The fraction of sp³-hybridized carbons (Fsp3) is 0.364. The normalized spacial score (nSPS) is 14.6. The second-order valence-corrected chi connectivity index (χ2v) is 8.47. The summed E-state index contributed by atoms with van der Waals surface area (Å²) in [5, 5.41) is 10.7. The SMILES string of the molecule is C1CCNC1.C=CO/N=C(/c1ccc(Nc2cc(Br)ccc2Br)nc1)C(C)CC. The molecule has 1 aromatic heterocycles. The Kier molecular flexibility index (Phi) is 10.4. The first kappa shape index (κ1) is 23.6. The lowest BCUT2D eigenvalue weighted by Crippen LogP contribution is -2.12. The van der Waals surface area contributed by atoms with Crippen molar-refractivity contribution in [3.8, 4) is 0 Å². The molecule has 29 heavy (non-hydrogen) atoms. The van der Waals surface area contributed by atoms with Gasteiger partial charge in [-0.2, -0.15) is 0 Å². The van der Waals surface area contributed by atoms with Crippen LogP contribution in [-0.2, 0) is 4.84 Å². The molecule has 0 bridgehead atoms. The minimum Gasteiger partial charge on any atom is -0.365 e. The number of pyridine rings is 1. The van der Waals surface area contributed by atoms with Crippen LogP contribution in [0.2, 0.25) is 0 Å². The van der Waals surface area contributed by atoms with Crippen LogP contribution in [0.5, 0.6) is 0 Å². The van der Waals surface area contributed by atoms with Gasteiger partial charge in [-0.15, -0.1) is 0 Å². The van der Waals surface area contributed by atoms with E-state index in [1.807, 2.05) is 30.3 Å². The monoisotopic (exact) mass is 522 g/mol. The summed E-state index contributed by atoms with van der Waals surface area (Å²) in [6, 6.07) is 9.85. The molecule has 5 nitrogen and oxygen atoms in total. The average Bonchev–Trinajstić information content (AvgIpc) is 3.32. The number of oxime groups is 1. The first-order valence-electron chi connectivity index (χ1n) is 9.79. The molecule has 1 aliphatic rings. The molecule has 1 aliphatic heterocycles. The molecule has 7 heteroatoms. The van der Waals surface area contributed by atoms with Gasteiger partial charge in [0.05, 0.1) is 11.4 Å². The van der Waals surface area contributed by atoms with Crippen LogP contribution >= 0.6 is 31.9 Å². The molecule has 0 radical (unpaired) electrons. The molecule has 1 unspecified atom stereocenters. The Morgan fingerprint density at radius 2 is 2.07 bits per heavy atom. The van der Waals surface area contributed by atoms with Gasteiger partial charge >= 0.3 is 0 Å². The van der Waals surface area contributed by atoms with Crippen molar-refractivity contribution in [2.24, 2.45) is 11.1 Å². The molecule has 1 fully saturated rings. The third-order valence-corrected chi connectivity index (χ3v) is 5.70. The van der Waals surface area contributed by atoms with Gasteiger partial charge in [-0.3, -0.25) is 0 Å². The summed E-state index contributed by atoms with van der Waals surface area (Å²) in [7, 11) is 0. The van der Waals surface area contributed by atoms with Gasteiger partial charge in [-0.05, 0) is 78.6 Å². The maximum Gasteiger partial charge on any atom is 0.130 e. The van der Waals surface area contributed by atoms with Gasteiger partial charge < -0.3 is 15.5 Å². The second-order valence-electron chi connectivity index (χ2n) is 6.70. The third kappa shape index (κ3) is 7.91. The van der Waals surface area contributed by atoms with Crippen LogP contribution in [0.15, 0.2) is 63.5 Å². The molecule has 1 atom stereocenters. The molecule has 0 spiro atoms. The highest BCUT2D eigenvalue weighted by molar-refractivity contribution is 9.11. The molecule has 156 valence electrons. The Bertz CT molecular complexity index is 797. The van der Waals surface area contributed by atoms with Gasteiger partial charge in [-0.1, -0.05) is 41.5 Å². The smallest absolute Gasteiger partial charge is 0.130 e. The predicted molar refractivity (Wildman–Crippen MR) is 129 cm³/mol. The lowest BCUT2D eigenvalue weighted by Gasteiger charge is -2.13. The van der Waals surface area contributed by atoms with Crippen LogP contribution in [-0.4, -0.2) is 23.8 Å². The van der Waals surface area contributed by atoms with E-state index in [0.717, 1.165) is 38.1 Å². The topological polar surface area (TPSA) is 58.5 Å². The highest BCUT2D eigenvalue weighted by atomic mass is 79.9. The van der Waals surface area contributed by atoms with Crippen molar-refractivity contribution >= 4 is 49.1 Å². The Balaban J connectivity index is 0.000000521.